The highest BCUT2D eigenvalue weighted by molar-refractivity contribution is 6.31. The number of hydrogen-bond donors (Lipinski definition) is 0. The third-order valence-electron chi connectivity index (χ3n) is 10.9. The Kier molecular flexibility index (Phi) is 7.74. The van der Waals surface area contributed by atoms with E-state index in [0.29, 0.717) is 51.4 Å². The lowest BCUT2D eigenvalue weighted by Gasteiger charge is -2.46. The summed E-state index contributed by atoms with van der Waals surface area (Å²) in [5.41, 5.74) is 3.66. The fourth-order valence-electron chi connectivity index (χ4n) is 8.61. The summed E-state index contributed by atoms with van der Waals surface area (Å²) in [6.45, 7) is 13.9. The Bertz CT molecular complexity index is 1580. The van der Waals surface area contributed by atoms with Crippen molar-refractivity contribution >= 4 is 23.3 Å². The van der Waals surface area contributed by atoms with E-state index in [4.69, 9.17) is 32.9 Å². The molecular weight excluding hydrogens is 600 g/mol. The van der Waals surface area contributed by atoms with Gasteiger partial charge in [-0.3, -0.25) is 14.6 Å². The number of fused-ring (bicyclic) bond motifs is 4. The minimum atomic E-state index is -1.03. The Morgan fingerprint density at radius 3 is 2.87 bits per heavy atom. The predicted octanol–water partition coefficient (Wildman–Crippen LogP) is 4.33. The van der Waals surface area contributed by atoms with Crippen molar-refractivity contribution in [3.63, 3.8) is 0 Å². The molecular formula is C33H38ClF2N7O2. The lowest BCUT2D eigenvalue weighted by molar-refractivity contribution is -0.131. The van der Waals surface area contributed by atoms with Crippen LogP contribution in [0.5, 0.6) is 6.01 Å². The van der Waals surface area contributed by atoms with E-state index in [9.17, 15) is 13.6 Å². The molecule has 2 aromatic rings. The molecule has 1 spiro atoms. The summed E-state index contributed by atoms with van der Waals surface area (Å²) in [5, 5.41) is 0.785. The van der Waals surface area contributed by atoms with Crippen LogP contribution in [0, 0.1) is 6.57 Å². The first kappa shape index (κ1) is 30.3. The van der Waals surface area contributed by atoms with Crippen LogP contribution in [0.1, 0.15) is 48.1 Å². The smallest absolute Gasteiger partial charge is 0.318 e. The highest BCUT2D eigenvalue weighted by atomic mass is 35.5. The first-order chi connectivity index (χ1) is 21.6. The van der Waals surface area contributed by atoms with Crippen LogP contribution in [-0.4, -0.2) is 101 Å². The number of carbonyl (C=O) groups is 1. The molecule has 1 amide bonds. The van der Waals surface area contributed by atoms with Crippen LogP contribution < -0.4 is 9.64 Å². The molecule has 238 valence electrons. The fraction of sp³-hybridized carbons (Fsp3) is 0.576. The summed E-state index contributed by atoms with van der Waals surface area (Å²) in [4.78, 5) is 34.2. The van der Waals surface area contributed by atoms with Gasteiger partial charge < -0.3 is 19.4 Å². The Morgan fingerprint density at radius 2 is 2.07 bits per heavy atom. The van der Waals surface area contributed by atoms with Crippen LogP contribution >= 0.6 is 11.6 Å². The monoisotopic (exact) mass is 637 g/mol. The molecule has 0 saturated carbocycles. The quantitative estimate of drug-likeness (QED) is 0.345. The van der Waals surface area contributed by atoms with Crippen molar-refractivity contribution in [1.29, 1.82) is 0 Å². The predicted molar refractivity (Wildman–Crippen MR) is 167 cm³/mol. The average molecular weight is 638 g/mol. The van der Waals surface area contributed by atoms with Gasteiger partial charge in [0.25, 0.3) is 5.91 Å². The van der Waals surface area contributed by atoms with Crippen molar-refractivity contribution in [1.82, 2.24) is 24.7 Å². The molecule has 5 heterocycles. The molecule has 0 N–H and O–H groups in total. The van der Waals surface area contributed by atoms with Crippen LogP contribution in [0.4, 0.5) is 14.6 Å². The molecule has 0 unspecified atom stereocenters. The molecule has 1 aliphatic carbocycles. The van der Waals surface area contributed by atoms with Gasteiger partial charge in [0.2, 0.25) is 6.54 Å². The minimum absolute atomic E-state index is 0.0372. The van der Waals surface area contributed by atoms with E-state index in [-0.39, 0.29) is 30.2 Å². The topological polar surface area (TPSA) is 69.4 Å². The first-order valence-corrected chi connectivity index (χ1v) is 16.2. The van der Waals surface area contributed by atoms with E-state index >= 15 is 0 Å². The number of halogens is 3. The lowest BCUT2D eigenvalue weighted by Crippen LogP contribution is -2.57. The highest BCUT2D eigenvalue weighted by Gasteiger charge is 2.50. The van der Waals surface area contributed by atoms with Gasteiger partial charge in [0.1, 0.15) is 24.6 Å². The van der Waals surface area contributed by atoms with Gasteiger partial charge in [-0.1, -0.05) is 30.3 Å². The summed E-state index contributed by atoms with van der Waals surface area (Å²) >= 11 is 6.64. The number of ether oxygens (including phenoxy) is 1. The summed E-state index contributed by atoms with van der Waals surface area (Å²) in [6, 6.07) is 5.86. The fourth-order valence-corrected chi connectivity index (χ4v) is 8.87. The molecule has 12 heteroatoms. The number of benzene rings is 1. The van der Waals surface area contributed by atoms with Gasteiger partial charge in [0.05, 0.1) is 16.8 Å². The van der Waals surface area contributed by atoms with Crippen molar-refractivity contribution in [3.8, 4) is 6.01 Å². The Hall–Kier alpha value is -3.33. The van der Waals surface area contributed by atoms with Crippen molar-refractivity contribution in [2.45, 2.75) is 68.4 Å². The maximum Gasteiger partial charge on any atom is 0.318 e. The minimum Gasteiger partial charge on any atom is -0.461 e. The molecule has 4 aliphatic heterocycles. The van der Waals surface area contributed by atoms with Gasteiger partial charge in [0, 0.05) is 56.2 Å². The Balaban J connectivity index is 1.25. The lowest BCUT2D eigenvalue weighted by atomic mass is 9.81. The van der Waals surface area contributed by atoms with Crippen molar-refractivity contribution in [3.05, 3.63) is 69.4 Å². The second-order valence-electron chi connectivity index (χ2n) is 13.3. The number of likely N-dealkylation sites (N-methyl/N-ethyl adjacent to an activating group) is 1. The number of aromatic nitrogens is 2. The van der Waals surface area contributed by atoms with E-state index in [2.05, 4.69) is 39.2 Å². The number of rotatable bonds is 6. The normalized spacial score (nSPS) is 29.4. The molecule has 0 bridgehead atoms. The second kappa shape index (κ2) is 11.5. The largest absolute Gasteiger partial charge is 0.461 e. The van der Waals surface area contributed by atoms with Crippen molar-refractivity contribution in [2.75, 3.05) is 57.8 Å². The maximum atomic E-state index is 14.5. The number of carbonyl (C=O) groups excluding carboxylic acids is 1. The summed E-state index contributed by atoms with van der Waals surface area (Å²) in [5.74, 6) is -1.10. The number of alkyl halides is 1. The second-order valence-corrected chi connectivity index (χ2v) is 13.7. The molecule has 9 nitrogen and oxygen atoms in total. The Labute approximate surface area is 267 Å². The van der Waals surface area contributed by atoms with Crippen LogP contribution in [0.3, 0.4) is 0 Å². The van der Waals surface area contributed by atoms with Gasteiger partial charge in [-0.05, 0) is 56.5 Å². The summed E-state index contributed by atoms with van der Waals surface area (Å²) in [6.07, 6.45) is 3.92. The van der Waals surface area contributed by atoms with Crippen LogP contribution in [-0.2, 0) is 29.7 Å². The zero-order valence-corrected chi connectivity index (χ0v) is 26.3. The van der Waals surface area contributed by atoms with Crippen LogP contribution in [0.15, 0.2) is 30.6 Å². The maximum absolute atomic E-state index is 14.5. The van der Waals surface area contributed by atoms with Gasteiger partial charge in [-0.2, -0.15) is 9.97 Å². The van der Waals surface area contributed by atoms with Gasteiger partial charge in [-0.25, -0.2) is 15.4 Å². The number of piperazine rings is 1. The van der Waals surface area contributed by atoms with E-state index < -0.39 is 23.9 Å². The number of anilines is 1. The Morgan fingerprint density at radius 1 is 1.22 bits per heavy atom. The molecule has 4 atom stereocenters. The van der Waals surface area contributed by atoms with Gasteiger partial charge in [0.15, 0.2) is 5.83 Å². The van der Waals surface area contributed by atoms with Crippen LogP contribution in [0.25, 0.3) is 4.85 Å². The van der Waals surface area contributed by atoms with Gasteiger partial charge in [-0.15, -0.1) is 0 Å². The number of amides is 1. The zero-order valence-electron chi connectivity index (χ0n) is 25.6. The number of hydrogen-bond acceptors (Lipinski definition) is 7. The zero-order chi connectivity index (χ0) is 31.5. The average Bonchev–Trinajstić information content (AvgIpc) is 3.67. The number of nitrogens with zero attached hydrogens (tertiary/aromatic N) is 7. The molecule has 5 aliphatic rings. The third-order valence-corrected chi connectivity index (χ3v) is 11.2. The summed E-state index contributed by atoms with van der Waals surface area (Å²) < 4.78 is 34.8. The molecule has 45 heavy (non-hydrogen) atoms. The molecule has 3 fully saturated rings. The standard InChI is InChI=1S/C33H38ClF2N7O2/c1-21(35)30(44)43-13-12-41(18-23(43)16-37-2)29-25-19-40(3)33(10-8-24-26(33)6-4-7-27(24)34)15-28(25)38-31(39-29)45-20-32-9-5-11-42(32)17-22(36)14-32/h4,6-7,22-23H,1,5,8-20H2,3H3/t22-,23+,32+,33+/m1/s1. The molecule has 7 rings (SSSR count). The third kappa shape index (κ3) is 5.06. The SMILES string of the molecule is [C-]#[N+]C[C@H]1CN(c2nc(OC[C@@]34CCCN3C[C@H](F)C4)nc3c2CN(C)[C@@]2(CCc4c(Cl)cccc42)C3)CCN1C(=O)C(=C)F. The molecule has 1 aromatic heterocycles. The van der Waals surface area contributed by atoms with E-state index in [0.717, 1.165) is 48.5 Å². The first-order valence-electron chi connectivity index (χ1n) is 15.8. The van der Waals surface area contributed by atoms with E-state index in [1.54, 1.807) is 0 Å². The van der Waals surface area contributed by atoms with Crippen molar-refractivity contribution < 1.29 is 18.3 Å². The van der Waals surface area contributed by atoms with E-state index in [1.807, 2.05) is 12.1 Å². The highest BCUT2D eigenvalue weighted by Crippen LogP contribution is 2.50. The van der Waals surface area contributed by atoms with E-state index in [1.165, 1.54) is 16.0 Å². The van der Waals surface area contributed by atoms with Crippen LogP contribution in [0.2, 0.25) is 5.02 Å². The molecule has 0 radical (unpaired) electrons. The van der Waals surface area contributed by atoms with Gasteiger partial charge >= 0.3 is 6.01 Å². The van der Waals surface area contributed by atoms with Crippen molar-refractivity contribution in [2.24, 2.45) is 0 Å². The summed E-state index contributed by atoms with van der Waals surface area (Å²) in [7, 11) is 2.12. The molecule has 3 saturated heterocycles. The molecule has 1 aromatic carbocycles.